The molecule has 1 saturated heterocycles. The van der Waals surface area contributed by atoms with Crippen molar-refractivity contribution in [3.05, 3.63) is 64.1 Å². The first kappa shape index (κ1) is 21.8. The molecule has 2 aromatic carbocycles. The molecule has 1 amide bonds. The van der Waals surface area contributed by atoms with E-state index in [2.05, 4.69) is 46.1 Å². The van der Waals surface area contributed by atoms with Crippen LogP contribution in [0, 0.1) is 6.92 Å². The van der Waals surface area contributed by atoms with Crippen molar-refractivity contribution in [3.63, 3.8) is 0 Å². The molecule has 3 aromatic rings. The van der Waals surface area contributed by atoms with Gasteiger partial charge in [-0.05, 0) is 37.7 Å². The van der Waals surface area contributed by atoms with Crippen LogP contribution >= 0.6 is 22.9 Å². The molecule has 0 aliphatic carbocycles. The van der Waals surface area contributed by atoms with Crippen molar-refractivity contribution in [2.75, 3.05) is 42.9 Å². The molecule has 0 atom stereocenters. The lowest BCUT2D eigenvalue weighted by Gasteiger charge is -2.36. The van der Waals surface area contributed by atoms with Crippen molar-refractivity contribution in [1.29, 1.82) is 0 Å². The van der Waals surface area contributed by atoms with Crippen molar-refractivity contribution >= 4 is 40.2 Å². The summed E-state index contributed by atoms with van der Waals surface area (Å²) in [7, 11) is 0. The number of nitrogens with one attached hydrogen (secondary N) is 1. The highest BCUT2D eigenvalue weighted by Gasteiger charge is 2.20. The third kappa shape index (κ3) is 5.45. The van der Waals surface area contributed by atoms with E-state index in [1.165, 1.54) is 5.56 Å². The molecule has 0 saturated carbocycles. The third-order valence-electron chi connectivity index (χ3n) is 5.55. The van der Waals surface area contributed by atoms with Gasteiger partial charge in [0, 0.05) is 42.1 Å². The Morgan fingerprint density at radius 1 is 1.16 bits per heavy atom. The van der Waals surface area contributed by atoms with Crippen LogP contribution < -0.4 is 10.2 Å². The molecule has 1 fully saturated rings. The van der Waals surface area contributed by atoms with E-state index in [0.717, 1.165) is 60.4 Å². The van der Waals surface area contributed by atoms with E-state index in [4.69, 9.17) is 11.6 Å². The highest BCUT2D eigenvalue weighted by Crippen LogP contribution is 2.30. The summed E-state index contributed by atoms with van der Waals surface area (Å²) in [4.78, 5) is 22.2. The molecule has 1 aromatic heterocycles. The highest BCUT2D eigenvalue weighted by molar-refractivity contribution is 7.13. The minimum Gasteiger partial charge on any atom is -0.367 e. The predicted molar refractivity (Wildman–Crippen MR) is 130 cm³/mol. The Balaban J connectivity index is 1.45. The number of benzene rings is 2. The van der Waals surface area contributed by atoms with Gasteiger partial charge in [0.15, 0.2) is 0 Å². The van der Waals surface area contributed by atoms with E-state index < -0.39 is 0 Å². The predicted octanol–water partition coefficient (Wildman–Crippen LogP) is 5.10. The first-order valence-electron chi connectivity index (χ1n) is 10.6. The highest BCUT2D eigenvalue weighted by atomic mass is 35.5. The number of likely N-dealkylation sites (N-methyl/N-ethyl adjacent to an activating group) is 1. The average Bonchev–Trinajstić information content (AvgIpc) is 3.22. The number of halogens is 1. The van der Waals surface area contributed by atoms with Gasteiger partial charge in [0.25, 0.3) is 0 Å². The molecule has 0 spiro atoms. The Labute approximate surface area is 192 Å². The van der Waals surface area contributed by atoms with Gasteiger partial charge in [-0.2, -0.15) is 0 Å². The van der Waals surface area contributed by atoms with Crippen molar-refractivity contribution in [2.24, 2.45) is 0 Å². The number of carbonyl (C=O) groups excluding carboxylic acids is 1. The Hall–Kier alpha value is -2.41. The maximum Gasteiger partial charge on any atom is 0.230 e. The lowest BCUT2D eigenvalue weighted by Crippen LogP contribution is -2.46. The summed E-state index contributed by atoms with van der Waals surface area (Å²) in [6.45, 7) is 9.23. The molecule has 31 heavy (non-hydrogen) atoms. The monoisotopic (exact) mass is 454 g/mol. The van der Waals surface area contributed by atoms with Gasteiger partial charge in [0.2, 0.25) is 5.91 Å². The Bertz CT molecular complexity index is 1060. The number of thiazole rings is 1. The number of piperazine rings is 1. The van der Waals surface area contributed by atoms with Crippen molar-refractivity contribution < 1.29 is 4.79 Å². The first-order valence-corrected chi connectivity index (χ1v) is 11.9. The van der Waals surface area contributed by atoms with Crippen LogP contribution in [0.25, 0.3) is 10.6 Å². The minimum atomic E-state index is -0.0863. The average molecular weight is 455 g/mol. The fourth-order valence-electron chi connectivity index (χ4n) is 3.85. The maximum absolute atomic E-state index is 12.8. The fraction of sp³-hybridized carbons (Fsp3) is 0.333. The van der Waals surface area contributed by atoms with E-state index in [9.17, 15) is 4.79 Å². The maximum atomic E-state index is 12.8. The van der Waals surface area contributed by atoms with Gasteiger partial charge < -0.3 is 15.1 Å². The molecular weight excluding hydrogens is 428 g/mol. The van der Waals surface area contributed by atoms with Crippen LogP contribution in [-0.2, 0) is 11.2 Å². The van der Waals surface area contributed by atoms with E-state index in [1.807, 2.05) is 35.7 Å². The molecule has 4 rings (SSSR count). The molecule has 2 heterocycles. The molecule has 1 aliphatic rings. The summed E-state index contributed by atoms with van der Waals surface area (Å²) in [6, 6.07) is 14.0. The summed E-state index contributed by atoms with van der Waals surface area (Å²) in [5.41, 5.74) is 4.84. The summed E-state index contributed by atoms with van der Waals surface area (Å²) in [5, 5.41) is 6.57. The number of rotatable bonds is 6. The molecular formula is C24H27ClN4OS. The fourth-order valence-corrected chi connectivity index (χ4v) is 4.84. The van der Waals surface area contributed by atoms with E-state index in [0.29, 0.717) is 5.02 Å². The first-order chi connectivity index (χ1) is 15.0. The van der Waals surface area contributed by atoms with Crippen LogP contribution in [0.15, 0.2) is 47.8 Å². The Morgan fingerprint density at radius 2 is 1.97 bits per heavy atom. The van der Waals surface area contributed by atoms with Crippen LogP contribution in [0.1, 0.15) is 18.2 Å². The normalized spacial score (nSPS) is 14.6. The molecule has 0 unspecified atom stereocenters. The zero-order chi connectivity index (χ0) is 21.8. The lowest BCUT2D eigenvalue weighted by molar-refractivity contribution is -0.115. The van der Waals surface area contributed by atoms with Crippen molar-refractivity contribution in [1.82, 2.24) is 9.88 Å². The van der Waals surface area contributed by atoms with Gasteiger partial charge in [0.1, 0.15) is 5.01 Å². The Kier molecular flexibility index (Phi) is 6.90. The lowest BCUT2D eigenvalue weighted by atomic mass is 10.1. The number of anilines is 2. The zero-order valence-electron chi connectivity index (χ0n) is 17.9. The van der Waals surface area contributed by atoms with Gasteiger partial charge >= 0.3 is 0 Å². The van der Waals surface area contributed by atoms with E-state index in [1.54, 1.807) is 11.3 Å². The van der Waals surface area contributed by atoms with Crippen LogP contribution in [0.2, 0.25) is 5.02 Å². The Morgan fingerprint density at radius 3 is 2.71 bits per heavy atom. The van der Waals surface area contributed by atoms with Crippen LogP contribution in [0.5, 0.6) is 0 Å². The van der Waals surface area contributed by atoms with Crippen LogP contribution in [0.4, 0.5) is 11.4 Å². The number of hydrogen-bond acceptors (Lipinski definition) is 5. The molecule has 0 radical (unpaired) electrons. The number of aryl methyl sites for hydroxylation is 1. The summed E-state index contributed by atoms with van der Waals surface area (Å²) >= 11 is 7.81. The molecule has 5 nitrogen and oxygen atoms in total. The molecule has 1 N–H and O–H groups in total. The minimum absolute atomic E-state index is 0.0863. The molecule has 162 valence electrons. The SMILES string of the molecule is CCN1CCN(c2ccc(Cl)cc2NC(=O)Cc2csc(-c3cccc(C)c3)n2)CC1. The number of hydrogen-bond donors (Lipinski definition) is 1. The largest absolute Gasteiger partial charge is 0.367 e. The summed E-state index contributed by atoms with van der Waals surface area (Å²) in [5.74, 6) is -0.0863. The smallest absolute Gasteiger partial charge is 0.230 e. The van der Waals surface area contributed by atoms with E-state index >= 15 is 0 Å². The van der Waals surface area contributed by atoms with Gasteiger partial charge in [-0.15, -0.1) is 11.3 Å². The van der Waals surface area contributed by atoms with Gasteiger partial charge in [0.05, 0.1) is 23.5 Å². The van der Waals surface area contributed by atoms with Gasteiger partial charge in [-0.3, -0.25) is 4.79 Å². The second-order valence-corrected chi connectivity index (χ2v) is 9.12. The zero-order valence-corrected chi connectivity index (χ0v) is 19.5. The van der Waals surface area contributed by atoms with Gasteiger partial charge in [-0.25, -0.2) is 4.98 Å². The standard InChI is InChI=1S/C24H27ClN4OS/c1-3-28-9-11-29(12-10-28)22-8-7-19(25)14-21(22)27-23(30)15-20-16-31-24(26-20)18-6-4-5-17(2)13-18/h4-8,13-14,16H,3,9-12,15H2,1-2H3,(H,27,30). The molecule has 1 aliphatic heterocycles. The number of aromatic nitrogens is 1. The topological polar surface area (TPSA) is 48.5 Å². The quantitative estimate of drug-likeness (QED) is 0.563. The van der Waals surface area contributed by atoms with Crippen LogP contribution in [0.3, 0.4) is 0 Å². The molecule has 0 bridgehead atoms. The van der Waals surface area contributed by atoms with Crippen LogP contribution in [-0.4, -0.2) is 48.5 Å². The molecule has 7 heteroatoms. The number of carbonyl (C=O) groups is 1. The van der Waals surface area contributed by atoms with E-state index in [-0.39, 0.29) is 12.3 Å². The third-order valence-corrected chi connectivity index (χ3v) is 6.73. The number of nitrogens with zero attached hydrogens (tertiary/aromatic N) is 3. The number of amides is 1. The summed E-state index contributed by atoms with van der Waals surface area (Å²) in [6.07, 6.45) is 0.234. The van der Waals surface area contributed by atoms with Crippen molar-refractivity contribution in [3.8, 4) is 10.6 Å². The second kappa shape index (κ2) is 9.81. The van der Waals surface area contributed by atoms with Gasteiger partial charge in [-0.1, -0.05) is 42.3 Å². The van der Waals surface area contributed by atoms with Crippen molar-refractivity contribution in [2.45, 2.75) is 20.3 Å². The summed E-state index contributed by atoms with van der Waals surface area (Å²) < 4.78 is 0. The second-order valence-electron chi connectivity index (χ2n) is 7.82.